The number of fused-ring (bicyclic) bond motifs is 1. The Balaban J connectivity index is 1.32. The maximum absolute atomic E-state index is 12.7. The number of hydrogen-bond acceptors (Lipinski definition) is 8. The number of nitrogens with one attached hydrogen (secondary N) is 1. The van der Waals surface area contributed by atoms with Crippen LogP contribution in [0.4, 0.5) is 4.79 Å². The lowest BCUT2D eigenvalue weighted by Crippen LogP contribution is -2.60. The summed E-state index contributed by atoms with van der Waals surface area (Å²) >= 11 is 1.51. The summed E-state index contributed by atoms with van der Waals surface area (Å²) in [5.41, 5.74) is 9.83. The number of benzene rings is 2. The summed E-state index contributed by atoms with van der Waals surface area (Å²) in [6.45, 7) is 2.88. The first kappa shape index (κ1) is 26.7. The second-order valence-electron chi connectivity index (χ2n) is 10.1. The van der Waals surface area contributed by atoms with Gasteiger partial charge >= 0.3 is 6.16 Å². The summed E-state index contributed by atoms with van der Waals surface area (Å²) in [6, 6.07) is 15.4. The van der Waals surface area contributed by atoms with Gasteiger partial charge in [0.2, 0.25) is 11.8 Å². The molecule has 2 fully saturated rings. The molecule has 6 N–H and O–H groups in total. The van der Waals surface area contributed by atoms with E-state index in [9.17, 15) is 24.9 Å². The second kappa shape index (κ2) is 11.1. The molecule has 10 heteroatoms. The second-order valence-corrected chi connectivity index (χ2v) is 11.4. The Morgan fingerprint density at radius 1 is 1.26 bits per heavy atom. The van der Waals surface area contributed by atoms with Crippen molar-refractivity contribution < 1.29 is 29.6 Å². The zero-order valence-electron chi connectivity index (χ0n) is 21.1. The van der Waals surface area contributed by atoms with Crippen LogP contribution in [0.1, 0.15) is 37.0 Å². The van der Waals surface area contributed by atoms with Crippen molar-refractivity contribution in [2.45, 2.75) is 49.7 Å². The van der Waals surface area contributed by atoms with Crippen LogP contribution < -0.4 is 11.1 Å². The van der Waals surface area contributed by atoms with E-state index in [1.165, 1.54) is 16.7 Å². The van der Waals surface area contributed by atoms with Gasteiger partial charge in [-0.2, -0.15) is 0 Å². The number of β-lactam (4-membered cyclic amide) rings is 1. The first-order chi connectivity index (χ1) is 18.3. The van der Waals surface area contributed by atoms with Crippen molar-refractivity contribution in [3.05, 3.63) is 70.4 Å². The van der Waals surface area contributed by atoms with Gasteiger partial charge in [-0.3, -0.25) is 9.69 Å². The molecule has 0 saturated carbocycles. The number of nitrogens with zero attached hydrogens (tertiary/aromatic N) is 1. The van der Waals surface area contributed by atoms with E-state index in [0.29, 0.717) is 25.9 Å². The van der Waals surface area contributed by atoms with Crippen molar-refractivity contribution in [3.63, 3.8) is 0 Å². The standard InChI is InChI=1S/C28H33N3O6S/c1-15-23-20(9-10-32)26(34)31(23)27(37-28(35)36)25(15)38-19-12-22(30-14-19)24(33)17-7-8-18(13-29)21(11-17)16-5-3-2-4-6-16/h2-8,11,15,19-20,22-24,30,32-33H,9-10,12-14,29H2,1H3,(H,35,36)/t15-,19+,20+,22+,23-,24?/m1/s1. The number of carbonyl (C=O) groups excluding carboxylic acids is 1. The Kier molecular flexibility index (Phi) is 7.78. The Labute approximate surface area is 225 Å². The topological polar surface area (TPSA) is 145 Å². The maximum atomic E-state index is 12.7. The first-order valence-electron chi connectivity index (χ1n) is 12.9. The maximum Gasteiger partial charge on any atom is 0.512 e. The predicted molar refractivity (Wildman–Crippen MR) is 144 cm³/mol. The molecule has 5 rings (SSSR count). The minimum absolute atomic E-state index is 0.0569. The summed E-state index contributed by atoms with van der Waals surface area (Å²) in [7, 11) is 0. The fourth-order valence-corrected chi connectivity index (χ4v) is 7.37. The minimum Gasteiger partial charge on any atom is -0.449 e. The van der Waals surface area contributed by atoms with Crippen molar-refractivity contribution in [1.82, 2.24) is 10.2 Å². The SMILES string of the molecule is C[C@H]1C(S[C@@H]2CN[C@H](C(O)c3ccc(CN)c(-c4ccccc4)c3)C2)=C(OC(=O)O)N2C(=O)[C@@H](CCO)[C@@H]12. The minimum atomic E-state index is -1.46. The van der Waals surface area contributed by atoms with Gasteiger partial charge in [0.05, 0.1) is 23.0 Å². The molecule has 2 aromatic carbocycles. The van der Waals surface area contributed by atoms with Crippen LogP contribution in [-0.4, -0.2) is 62.8 Å². The Bertz CT molecular complexity index is 1240. The number of amides is 1. The molecule has 2 aromatic rings. The van der Waals surface area contributed by atoms with E-state index in [4.69, 9.17) is 10.5 Å². The molecular weight excluding hydrogens is 506 g/mol. The van der Waals surface area contributed by atoms with Gasteiger partial charge in [0.1, 0.15) is 0 Å². The molecular formula is C28H33N3O6S. The Morgan fingerprint density at radius 2 is 2.03 bits per heavy atom. The van der Waals surface area contributed by atoms with Crippen LogP contribution >= 0.6 is 11.8 Å². The average molecular weight is 540 g/mol. The lowest BCUT2D eigenvalue weighted by atomic mass is 9.80. The fraction of sp³-hybridized carbons (Fsp3) is 0.429. The smallest absolute Gasteiger partial charge is 0.449 e. The summed E-state index contributed by atoms with van der Waals surface area (Å²) in [6.07, 6.45) is -1.21. The molecule has 1 unspecified atom stereocenters. The highest BCUT2D eigenvalue weighted by Gasteiger charge is 2.58. The van der Waals surface area contributed by atoms with Gasteiger partial charge in [0.15, 0.2) is 0 Å². The molecule has 6 atom stereocenters. The molecule has 38 heavy (non-hydrogen) atoms. The number of rotatable bonds is 9. The number of carbonyl (C=O) groups is 2. The van der Waals surface area contributed by atoms with E-state index >= 15 is 0 Å². The zero-order chi connectivity index (χ0) is 27.0. The van der Waals surface area contributed by atoms with E-state index in [1.807, 2.05) is 55.5 Å². The van der Waals surface area contributed by atoms with Gasteiger partial charge in [-0.05, 0) is 41.2 Å². The summed E-state index contributed by atoms with van der Waals surface area (Å²) in [5, 5.41) is 33.4. The number of ether oxygens (including phenoxy) is 1. The normalized spacial score (nSPS) is 27.3. The molecule has 0 spiro atoms. The van der Waals surface area contributed by atoms with Crippen LogP contribution in [0.2, 0.25) is 0 Å². The van der Waals surface area contributed by atoms with Crippen molar-refractivity contribution >= 4 is 23.8 Å². The Morgan fingerprint density at radius 3 is 2.71 bits per heavy atom. The predicted octanol–water partition coefficient (Wildman–Crippen LogP) is 3.03. The van der Waals surface area contributed by atoms with Gasteiger partial charge in [-0.15, -0.1) is 11.8 Å². The molecule has 1 amide bonds. The van der Waals surface area contributed by atoms with E-state index < -0.39 is 12.3 Å². The first-order valence-corrected chi connectivity index (χ1v) is 13.8. The van der Waals surface area contributed by atoms with Gasteiger partial charge < -0.3 is 31.1 Å². The van der Waals surface area contributed by atoms with Crippen molar-refractivity contribution in [2.75, 3.05) is 13.2 Å². The molecule has 2 saturated heterocycles. The van der Waals surface area contributed by atoms with E-state index in [2.05, 4.69) is 5.32 Å². The van der Waals surface area contributed by atoms with Crippen LogP contribution in [0.15, 0.2) is 59.3 Å². The van der Waals surface area contributed by atoms with Crippen LogP contribution in [0.5, 0.6) is 0 Å². The largest absolute Gasteiger partial charge is 0.512 e. The summed E-state index contributed by atoms with van der Waals surface area (Å²) < 4.78 is 5.09. The monoisotopic (exact) mass is 539 g/mol. The molecule has 0 radical (unpaired) electrons. The molecule has 3 aliphatic heterocycles. The number of aliphatic hydroxyl groups is 2. The molecule has 3 aliphatic rings. The third kappa shape index (κ3) is 4.83. The van der Waals surface area contributed by atoms with Gasteiger partial charge in [-0.1, -0.05) is 49.4 Å². The van der Waals surface area contributed by atoms with Crippen LogP contribution in [-0.2, 0) is 16.1 Å². The van der Waals surface area contributed by atoms with Crippen LogP contribution in [0.3, 0.4) is 0 Å². The highest BCUT2D eigenvalue weighted by molar-refractivity contribution is 8.03. The highest BCUT2D eigenvalue weighted by atomic mass is 32.2. The number of thioether (sulfide) groups is 1. The zero-order valence-corrected chi connectivity index (χ0v) is 21.9. The molecule has 0 aromatic heterocycles. The van der Waals surface area contributed by atoms with Gasteiger partial charge in [-0.25, -0.2) is 4.79 Å². The third-order valence-corrected chi connectivity index (χ3v) is 9.32. The molecule has 9 nitrogen and oxygen atoms in total. The van der Waals surface area contributed by atoms with Crippen LogP contribution in [0, 0.1) is 11.8 Å². The number of hydrogen-bond donors (Lipinski definition) is 5. The van der Waals surface area contributed by atoms with E-state index in [1.54, 1.807) is 0 Å². The van der Waals surface area contributed by atoms with Crippen molar-refractivity contribution in [1.29, 1.82) is 0 Å². The van der Waals surface area contributed by atoms with E-state index in [0.717, 1.165) is 27.2 Å². The molecule has 0 bridgehead atoms. The highest BCUT2D eigenvalue weighted by Crippen LogP contribution is 2.52. The fourth-order valence-electron chi connectivity index (χ4n) is 5.94. The average Bonchev–Trinajstić information content (AvgIpc) is 3.48. The number of carboxylic acid groups (broad SMARTS) is 1. The number of aliphatic hydroxyl groups excluding tert-OH is 2. The molecule has 3 heterocycles. The van der Waals surface area contributed by atoms with Crippen molar-refractivity contribution in [2.24, 2.45) is 17.6 Å². The molecule has 0 aliphatic carbocycles. The Hall–Kier alpha value is -2.89. The summed E-state index contributed by atoms with van der Waals surface area (Å²) in [5.74, 6) is -0.569. The number of nitrogens with two attached hydrogens (primary N) is 1. The lowest BCUT2D eigenvalue weighted by Gasteiger charge is -2.44. The third-order valence-electron chi connectivity index (χ3n) is 7.82. The quantitative estimate of drug-likeness (QED) is 0.240. The lowest BCUT2D eigenvalue weighted by molar-refractivity contribution is -0.156. The van der Waals surface area contributed by atoms with Crippen LogP contribution in [0.25, 0.3) is 11.1 Å². The van der Waals surface area contributed by atoms with Gasteiger partial charge in [0, 0.05) is 36.9 Å². The van der Waals surface area contributed by atoms with Crippen molar-refractivity contribution in [3.8, 4) is 11.1 Å². The summed E-state index contributed by atoms with van der Waals surface area (Å²) in [4.78, 5) is 26.2. The van der Waals surface area contributed by atoms with Gasteiger partial charge in [0.25, 0.3) is 0 Å². The van der Waals surface area contributed by atoms with E-state index in [-0.39, 0.29) is 47.6 Å². The molecule has 202 valence electrons.